The highest BCUT2D eigenvalue weighted by Gasteiger charge is 1.95. The molecule has 0 aliphatic heterocycles. The third-order valence-electron chi connectivity index (χ3n) is 1.06. The zero-order valence-electron chi connectivity index (χ0n) is 4.99. The van der Waals surface area contributed by atoms with Gasteiger partial charge in [0.05, 0.1) is 10.0 Å². The van der Waals surface area contributed by atoms with Gasteiger partial charge in [-0.1, -0.05) is 29.1 Å². The molecule has 0 fully saturated rings. The molecule has 0 saturated heterocycles. The van der Waals surface area contributed by atoms with Crippen molar-refractivity contribution in [3.63, 3.8) is 0 Å². The zero-order chi connectivity index (χ0) is 7.56. The summed E-state index contributed by atoms with van der Waals surface area (Å²) in [7, 11) is 0. The highest BCUT2D eigenvalue weighted by atomic mass is 35.5. The van der Waals surface area contributed by atoms with E-state index in [1.165, 1.54) is 0 Å². The van der Waals surface area contributed by atoms with Crippen LogP contribution in [-0.4, -0.2) is 0 Å². The van der Waals surface area contributed by atoms with Gasteiger partial charge in [-0.2, -0.15) is 0 Å². The van der Waals surface area contributed by atoms with Crippen LogP contribution in [0.1, 0.15) is 5.56 Å². The second kappa shape index (κ2) is 2.96. The molecule has 0 aromatic heterocycles. The van der Waals surface area contributed by atoms with Crippen molar-refractivity contribution in [1.82, 2.24) is 0 Å². The van der Waals surface area contributed by atoms with E-state index in [4.69, 9.17) is 29.6 Å². The summed E-state index contributed by atoms with van der Waals surface area (Å²) in [5, 5.41) is 0.958. The van der Waals surface area contributed by atoms with E-state index in [1.54, 1.807) is 18.2 Å². The zero-order valence-corrected chi connectivity index (χ0v) is 6.50. The molecular weight excluding hydrogens is 167 g/mol. The molecule has 49 valence electrons. The first-order chi connectivity index (χ1) is 4.74. The molecule has 0 unspecified atom stereocenters. The van der Waals surface area contributed by atoms with Crippen molar-refractivity contribution in [3.8, 4) is 5.92 Å². The van der Waals surface area contributed by atoms with Crippen LogP contribution in [0.3, 0.4) is 0 Å². The van der Waals surface area contributed by atoms with Gasteiger partial charge in [0, 0.05) is 5.56 Å². The molecule has 0 amide bonds. The highest BCUT2D eigenvalue weighted by molar-refractivity contribution is 6.42. The molecule has 0 saturated carbocycles. The van der Waals surface area contributed by atoms with Gasteiger partial charge >= 0.3 is 0 Å². The number of rotatable bonds is 0. The lowest BCUT2D eigenvalue weighted by Gasteiger charge is -1.93. The summed E-state index contributed by atoms with van der Waals surface area (Å²) in [5.41, 5.74) is 0.634. The molecule has 0 aliphatic rings. The largest absolute Gasteiger partial charge is 0.0827 e. The minimum absolute atomic E-state index is 0.457. The van der Waals surface area contributed by atoms with Gasteiger partial charge in [0.2, 0.25) is 0 Å². The summed E-state index contributed by atoms with van der Waals surface area (Å²) >= 11 is 11.3. The second-order valence-corrected chi connectivity index (χ2v) is 2.57. The molecule has 1 aromatic rings. The number of hydrogen-bond acceptors (Lipinski definition) is 0. The van der Waals surface area contributed by atoms with Crippen molar-refractivity contribution >= 4 is 23.2 Å². The van der Waals surface area contributed by atoms with Gasteiger partial charge in [-0.25, -0.2) is 0 Å². The molecule has 0 nitrogen and oxygen atoms in total. The van der Waals surface area contributed by atoms with Crippen LogP contribution in [0.15, 0.2) is 18.2 Å². The van der Waals surface area contributed by atoms with Crippen LogP contribution in [-0.2, 0) is 0 Å². The highest BCUT2D eigenvalue weighted by Crippen LogP contribution is 2.21. The van der Waals surface area contributed by atoms with Crippen molar-refractivity contribution in [3.05, 3.63) is 40.2 Å². The van der Waals surface area contributed by atoms with Crippen LogP contribution in [0.5, 0.6) is 0 Å². The van der Waals surface area contributed by atoms with E-state index in [1.807, 2.05) is 0 Å². The Morgan fingerprint density at radius 2 is 1.90 bits per heavy atom. The maximum Gasteiger partial charge on any atom is 0.0604 e. The van der Waals surface area contributed by atoms with Crippen LogP contribution >= 0.6 is 23.2 Å². The number of benzene rings is 1. The summed E-state index contributed by atoms with van der Waals surface area (Å²) in [6.07, 6.45) is 6.76. The summed E-state index contributed by atoms with van der Waals surface area (Å²) in [5.74, 6) is 2.20. The first-order valence-corrected chi connectivity index (χ1v) is 3.37. The SMILES string of the molecule is [C]#Cc1ccc(Cl)c(Cl)c1. The Kier molecular flexibility index (Phi) is 2.21. The van der Waals surface area contributed by atoms with E-state index in [0.29, 0.717) is 15.6 Å². The second-order valence-electron chi connectivity index (χ2n) is 1.75. The molecule has 0 atom stereocenters. The smallest absolute Gasteiger partial charge is 0.0604 e. The van der Waals surface area contributed by atoms with Crippen molar-refractivity contribution in [2.75, 3.05) is 0 Å². The van der Waals surface area contributed by atoms with E-state index in [2.05, 4.69) is 5.92 Å². The third-order valence-corrected chi connectivity index (χ3v) is 1.80. The van der Waals surface area contributed by atoms with Crippen molar-refractivity contribution < 1.29 is 0 Å². The van der Waals surface area contributed by atoms with Crippen LogP contribution < -0.4 is 0 Å². The number of hydrogen-bond donors (Lipinski definition) is 0. The van der Waals surface area contributed by atoms with E-state index >= 15 is 0 Å². The van der Waals surface area contributed by atoms with Gasteiger partial charge in [0.15, 0.2) is 0 Å². The van der Waals surface area contributed by atoms with Crippen LogP contribution in [0.2, 0.25) is 10.0 Å². The van der Waals surface area contributed by atoms with Gasteiger partial charge in [-0.15, -0.1) is 0 Å². The Balaban J connectivity index is 3.20. The van der Waals surface area contributed by atoms with E-state index in [0.717, 1.165) is 0 Å². The monoisotopic (exact) mass is 169 g/mol. The molecular formula is C8H3Cl2. The minimum Gasteiger partial charge on any atom is -0.0827 e. The van der Waals surface area contributed by atoms with E-state index in [9.17, 15) is 0 Å². The first-order valence-electron chi connectivity index (χ1n) is 2.62. The normalized spacial score (nSPS) is 8.90. The van der Waals surface area contributed by atoms with Gasteiger partial charge in [-0.3, -0.25) is 0 Å². The molecule has 0 bridgehead atoms. The van der Waals surface area contributed by atoms with Crippen LogP contribution in [0, 0.1) is 12.3 Å². The lowest BCUT2D eigenvalue weighted by molar-refractivity contribution is 1.64. The predicted octanol–water partition coefficient (Wildman–Crippen LogP) is 2.93. The van der Waals surface area contributed by atoms with Gasteiger partial charge in [-0.05, 0) is 24.6 Å². The fraction of sp³-hybridized carbons (Fsp3) is 0. The molecule has 2 heteroatoms. The van der Waals surface area contributed by atoms with Gasteiger partial charge in [0.1, 0.15) is 0 Å². The molecule has 0 aliphatic carbocycles. The maximum absolute atomic E-state index is 6.76. The van der Waals surface area contributed by atoms with Crippen LogP contribution in [0.25, 0.3) is 0 Å². The lowest BCUT2D eigenvalue weighted by atomic mass is 10.2. The molecule has 10 heavy (non-hydrogen) atoms. The van der Waals surface area contributed by atoms with Crippen molar-refractivity contribution in [2.45, 2.75) is 0 Å². The third kappa shape index (κ3) is 1.44. The molecule has 0 N–H and O–H groups in total. The van der Waals surface area contributed by atoms with E-state index < -0.39 is 0 Å². The summed E-state index contributed by atoms with van der Waals surface area (Å²) < 4.78 is 0. The Bertz CT molecular complexity index is 284. The summed E-state index contributed by atoms with van der Waals surface area (Å²) in [6, 6.07) is 4.92. The first kappa shape index (κ1) is 7.47. The lowest BCUT2D eigenvalue weighted by Crippen LogP contribution is -1.73. The Hall–Kier alpha value is -0.640. The quantitative estimate of drug-likeness (QED) is 0.525. The standard InChI is InChI=1S/C8H3Cl2/c1-2-6-3-4-7(9)8(10)5-6/h3-5H. The van der Waals surface area contributed by atoms with Crippen LogP contribution in [0.4, 0.5) is 0 Å². The van der Waals surface area contributed by atoms with E-state index in [-0.39, 0.29) is 0 Å². The van der Waals surface area contributed by atoms with Gasteiger partial charge < -0.3 is 0 Å². The summed E-state index contributed by atoms with van der Waals surface area (Å²) in [6.45, 7) is 0. The van der Waals surface area contributed by atoms with Gasteiger partial charge in [0.25, 0.3) is 0 Å². The summed E-state index contributed by atoms with van der Waals surface area (Å²) in [4.78, 5) is 0. The minimum atomic E-state index is 0.457. The Morgan fingerprint density at radius 1 is 1.20 bits per heavy atom. The molecule has 1 aromatic carbocycles. The Morgan fingerprint density at radius 3 is 2.40 bits per heavy atom. The average Bonchev–Trinajstić information content (AvgIpc) is 1.95. The molecule has 0 spiro atoms. The molecule has 1 rings (SSSR count). The molecule has 1 radical (unpaired) electrons. The maximum atomic E-state index is 6.76. The topological polar surface area (TPSA) is 0 Å². The molecule has 0 heterocycles. The van der Waals surface area contributed by atoms with Crippen molar-refractivity contribution in [2.24, 2.45) is 0 Å². The Labute approximate surface area is 69.8 Å². The predicted molar refractivity (Wildman–Crippen MR) is 42.7 cm³/mol. The fourth-order valence-electron chi connectivity index (χ4n) is 0.574. The van der Waals surface area contributed by atoms with Crippen molar-refractivity contribution in [1.29, 1.82) is 0 Å². The average molecular weight is 170 g/mol. The fourth-order valence-corrected chi connectivity index (χ4v) is 0.872. The number of halogens is 2.